The summed E-state index contributed by atoms with van der Waals surface area (Å²) in [7, 11) is -1.87. The van der Waals surface area contributed by atoms with Gasteiger partial charge in [0, 0.05) is 25.4 Å². The number of carbonyl (C=O) groups excluding carboxylic acids is 1. The molecule has 0 spiro atoms. The van der Waals surface area contributed by atoms with Crippen molar-refractivity contribution in [3.8, 4) is 11.1 Å². The topological polar surface area (TPSA) is 91.4 Å². The molecular weight excluding hydrogens is 400 g/mol. The van der Waals surface area contributed by atoms with E-state index in [1.807, 2.05) is 37.3 Å². The molecule has 2 N–H and O–H groups in total. The summed E-state index contributed by atoms with van der Waals surface area (Å²) < 4.78 is 27.8. The van der Waals surface area contributed by atoms with Gasteiger partial charge in [0.1, 0.15) is 5.82 Å². The Morgan fingerprint density at radius 3 is 2.67 bits per heavy atom. The highest BCUT2D eigenvalue weighted by Gasteiger charge is 2.23. The fourth-order valence-electron chi connectivity index (χ4n) is 3.36. The zero-order valence-electron chi connectivity index (χ0n) is 16.7. The van der Waals surface area contributed by atoms with Crippen LogP contribution >= 0.6 is 0 Å². The molecule has 0 fully saturated rings. The van der Waals surface area contributed by atoms with E-state index in [-0.39, 0.29) is 17.5 Å². The number of hydrogen-bond acceptors (Lipinski definition) is 4. The Morgan fingerprint density at radius 1 is 1.13 bits per heavy atom. The maximum absolute atomic E-state index is 12.6. The first-order valence-electron chi connectivity index (χ1n) is 9.49. The van der Waals surface area contributed by atoms with E-state index in [9.17, 15) is 13.2 Å². The van der Waals surface area contributed by atoms with E-state index in [2.05, 4.69) is 15.0 Å². The van der Waals surface area contributed by atoms with Crippen molar-refractivity contribution in [2.75, 3.05) is 12.4 Å². The number of benzene rings is 2. The van der Waals surface area contributed by atoms with Gasteiger partial charge in [-0.3, -0.25) is 5.32 Å². The molecule has 0 saturated carbocycles. The third-order valence-corrected chi connectivity index (χ3v) is 6.48. The molecule has 1 aliphatic heterocycles. The van der Waals surface area contributed by atoms with Crippen LogP contribution in [0, 0.1) is 6.92 Å². The molecule has 8 heteroatoms. The number of pyridine rings is 1. The predicted molar refractivity (Wildman–Crippen MR) is 115 cm³/mol. The highest BCUT2D eigenvalue weighted by Crippen LogP contribution is 2.31. The van der Waals surface area contributed by atoms with Crippen molar-refractivity contribution in [3.05, 3.63) is 77.5 Å². The van der Waals surface area contributed by atoms with Gasteiger partial charge in [0.25, 0.3) is 0 Å². The molecule has 2 aromatic carbocycles. The second-order valence-corrected chi connectivity index (χ2v) is 9.08. The molecule has 0 atom stereocenters. The molecule has 1 aliphatic rings. The summed E-state index contributed by atoms with van der Waals surface area (Å²) in [5, 5.41) is 2.79. The summed E-state index contributed by atoms with van der Waals surface area (Å²) in [4.78, 5) is 18.0. The minimum atomic E-state index is -3.59. The van der Waals surface area contributed by atoms with Gasteiger partial charge in [-0.2, -0.15) is 0 Å². The van der Waals surface area contributed by atoms with Crippen LogP contribution in [0.25, 0.3) is 11.1 Å². The second-order valence-electron chi connectivity index (χ2n) is 7.31. The lowest BCUT2D eigenvalue weighted by Gasteiger charge is -2.27. The van der Waals surface area contributed by atoms with Crippen LogP contribution < -0.4 is 10.0 Å². The average molecular weight is 423 g/mol. The molecule has 0 bridgehead atoms. The van der Waals surface area contributed by atoms with E-state index in [4.69, 9.17) is 0 Å². The van der Waals surface area contributed by atoms with Crippen LogP contribution in [0.2, 0.25) is 0 Å². The van der Waals surface area contributed by atoms with Crippen molar-refractivity contribution in [3.63, 3.8) is 0 Å². The van der Waals surface area contributed by atoms with Gasteiger partial charge in [0.05, 0.1) is 11.4 Å². The first-order valence-corrected chi connectivity index (χ1v) is 11.0. The number of carbonyl (C=O) groups is 1. The number of rotatable bonds is 5. The summed E-state index contributed by atoms with van der Waals surface area (Å²) in [6.45, 7) is 2.54. The maximum Gasteiger partial charge on any atom is 0.323 e. The molecule has 30 heavy (non-hydrogen) atoms. The SMILES string of the molecule is Cc1ccc(S(=O)(=O)NCc2cccc(-c3ccnc4c3CN(C)C(=O)N4)c2)cc1. The number of nitrogens with zero attached hydrogens (tertiary/aromatic N) is 2. The number of nitrogens with one attached hydrogen (secondary N) is 2. The normalized spacial score (nSPS) is 13.7. The average Bonchev–Trinajstić information content (AvgIpc) is 2.73. The number of aromatic nitrogens is 1. The summed E-state index contributed by atoms with van der Waals surface area (Å²) in [5.41, 5.74) is 4.66. The Labute approximate surface area is 175 Å². The number of urea groups is 1. The molecule has 0 saturated heterocycles. The lowest BCUT2D eigenvalue weighted by molar-refractivity contribution is 0.218. The van der Waals surface area contributed by atoms with Crippen molar-refractivity contribution < 1.29 is 13.2 Å². The standard InChI is InChI=1S/C22H22N4O3S/c1-15-6-8-18(9-7-15)30(28,29)24-13-16-4-3-5-17(12-16)19-10-11-23-21-20(19)14-26(2)22(27)25-21/h3-12,24H,13-14H2,1-2H3,(H,23,25,27). The minimum absolute atomic E-state index is 0.175. The molecule has 3 aromatic rings. The van der Waals surface area contributed by atoms with Crippen molar-refractivity contribution >= 4 is 21.9 Å². The van der Waals surface area contributed by atoms with Gasteiger partial charge in [-0.25, -0.2) is 22.9 Å². The smallest absolute Gasteiger partial charge is 0.323 e. The van der Waals surface area contributed by atoms with Crippen molar-refractivity contribution in [1.82, 2.24) is 14.6 Å². The second kappa shape index (κ2) is 7.89. The summed E-state index contributed by atoms with van der Waals surface area (Å²) in [6.07, 6.45) is 1.66. The summed E-state index contributed by atoms with van der Waals surface area (Å²) >= 11 is 0. The fourth-order valence-corrected chi connectivity index (χ4v) is 4.38. The Hall–Kier alpha value is -3.23. The largest absolute Gasteiger partial charge is 0.323 e. The first kappa shape index (κ1) is 20.1. The zero-order chi connectivity index (χ0) is 21.3. The quantitative estimate of drug-likeness (QED) is 0.658. The van der Waals surface area contributed by atoms with Crippen molar-refractivity contribution in [1.29, 1.82) is 0 Å². The third kappa shape index (κ3) is 4.05. The van der Waals surface area contributed by atoms with Crippen LogP contribution in [0.15, 0.2) is 65.7 Å². The molecule has 2 amide bonds. The zero-order valence-corrected chi connectivity index (χ0v) is 17.5. The number of hydrogen-bond donors (Lipinski definition) is 2. The van der Waals surface area contributed by atoms with Gasteiger partial charge in [-0.05, 0) is 47.9 Å². The van der Waals surface area contributed by atoms with Crippen molar-refractivity contribution in [2.24, 2.45) is 0 Å². The predicted octanol–water partition coefficient (Wildman–Crippen LogP) is 3.51. The number of anilines is 1. The van der Waals surface area contributed by atoms with Crippen LogP contribution in [-0.2, 0) is 23.1 Å². The number of sulfonamides is 1. The van der Waals surface area contributed by atoms with E-state index in [0.29, 0.717) is 12.4 Å². The molecular formula is C22H22N4O3S. The molecule has 2 heterocycles. The van der Waals surface area contributed by atoms with Crippen molar-refractivity contribution in [2.45, 2.75) is 24.9 Å². The van der Waals surface area contributed by atoms with Gasteiger partial charge < -0.3 is 4.90 Å². The monoisotopic (exact) mass is 422 g/mol. The van der Waals surface area contributed by atoms with Crippen LogP contribution in [0.3, 0.4) is 0 Å². The third-order valence-electron chi connectivity index (χ3n) is 5.06. The van der Waals surface area contributed by atoms with E-state index >= 15 is 0 Å². The van der Waals surface area contributed by atoms with Gasteiger partial charge >= 0.3 is 6.03 Å². The Bertz CT molecular complexity index is 1210. The Balaban J connectivity index is 1.58. The summed E-state index contributed by atoms with van der Waals surface area (Å²) in [5.74, 6) is 0.557. The molecule has 0 radical (unpaired) electrons. The van der Waals surface area contributed by atoms with E-state index < -0.39 is 10.0 Å². The first-order chi connectivity index (χ1) is 14.3. The van der Waals surface area contributed by atoms with E-state index in [1.54, 1.807) is 42.4 Å². The molecule has 1 aromatic heterocycles. The molecule has 4 rings (SSSR count). The van der Waals surface area contributed by atoms with Crippen LogP contribution in [0.5, 0.6) is 0 Å². The van der Waals surface area contributed by atoms with Gasteiger partial charge in [-0.1, -0.05) is 35.9 Å². The highest BCUT2D eigenvalue weighted by atomic mass is 32.2. The van der Waals surface area contributed by atoms with E-state index in [0.717, 1.165) is 27.8 Å². The molecule has 154 valence electrons. The van der Waals surface area contributed by atoms with Crippen LogP contribution in [0.1, 0.15) is 16.7 Å². The lowest BCUT2D eigenvalue weighted by Crippen LogP contribution is -2.36. The Kier molecular flexibility index (Phi) is 5.27. The number of aryl methyl sites for hydroxylation is 1. The minimum Gasteiger partial charge on any atom is -0.323 e. The maximum atomic E-state index is 12.6. The highest BCUT2D eigenvalue weighted by molar-refractivity contribution is 7.89. The molecule has 7 nitrogen and oxygen atoms in total. The van der Waals surface area contributed by atoms with E-state index in [1.165, 1.54) is 0 Å². The number of fused-ring (bicyclic) bond motifs is 1. The van der Waals surface area contributed by atoms with Crippen LogP contribution in [0.4, 0.5) is 10.6 Å². The van der Waals surface area contributed by atoms with Crippen LogP contribution in [-0.4, -0.2) is 31.4 Å². The van der Waals surface area contributed by atoms with Gasteiger partial charge in [0.2, 0.25) is 10.0 Å². The Morgan fingerprint density at radius 2 is 1.90 bits per heavy atom. The van der Waals surface area contributed by atoms with Gasteiger partial charge in [0.15, 0.2) is 0 Å². The fraction of sp³-hybridized carbons (Fsp3) is 0.182. The summed E-state index contributed by atoms with van der Waals surface area (Å²) in [6, 6.07) is 16.1. The molecule has 0 unspecified atom stereocenters. The molecule has 0 aliphatic carbocycles. The van der Waals surface area contributed by atoms with Gasteiger partial charge in [-0.15, -0.1) is 0 Å². The number of amides is 2. The lowest BCUT2D eigenvalue weighted by atomic mass is 9.98.